The van der Waals surface area contributed by atoms with Gasteiger partial charge in [-0.25, -0.2) is 4.98 Å². The maximum absolute atomic E-state index is 12.2. The van der Waals surface area contributed by atoms with Crippen LogP contribution in [0.1, 0.15) is 5.56 Å². The highest BCUT2D eigenvalue weighted by molar-refractivity contribution is 6.31. The molecule has 0 radical (unpaired) electrons. The molecule has 2 aromatic heterocycles. The minimum Gasteiger partial charge on any atom is -0.454 e. The van der Waals surface area contributed by atoms with Gasteiger partial charge in [0.25, 0.3) is 0 Å². The summed E-state index contributed by atoms with van der Waals surface area (Å²) in [6.45, 7) is 0. The van der Waals surface area contributed by atoms with Crippen LogP contribution in [0.25, 0.3) is 22.1 Å². The molecule has 0 atom stereocenters. The summed E-state index contributed by atoms with van der Waals surface area (Å²) < 4.78 is 5.55. The summed E-state index contributed by atoms with van der Waals surface area (Å²) in [5.41, 5.74) is 1.02. The summed E-state index contributed by atoms with van der Waals surface area (Å²) in [5, 5.41) is 9.63. The quantitative estimate of drug-likeness (QED) is 0.580. The minimum absolute atomic E-state index is 0.198. The minimum atomic E-state index is -0.252. The highest BCUT2D eigenvalue weighted by Gasteiger charge is 2.09. The summed E-state index contributed by atoms with van der Waals surface area (Å²) >= 11 is 5.85. The maximum atomic E-state index is 12.2. The Balaban J connectivity index is 2.53. The lowest BCUT2D eigenvalue weighted by atomic mass is 10.2. The van der Waals surface area contributed by atoms with Crippen molar-refractivity contribution in [3.05, 3.63) is 51.3 Å². The molecule has 4 nitrogen and oxygen atoms in total. The summed E-state index contributed by atoms with van der Waals surface area (Å²) in [6.07, 6.45) is 1.34. The SMILES string of the molecule is N#Cc1cnc2c(=O)c3cc(Cl)ccc3oc2c1. The molecular weight excluding hydrogens is 252 g/mol. The summed E-state index contributed by atoms with van der Waals surface area (Å²) in [4.78, 5) is 16.1. The van der Waals surface area contributed by atoms with Gasteiger partial charge in [0.15, 0.2) is 11.1 Å². The molecule has 0 fully saturated rings. The van der Waals surface area contributed by atoms with E-state index in [4.69, 9.17) is 21.3 Å². The molecule has 5 heteroatoms. The third-order valence-electron chi connectivity index (χ3n) is 2.60. The lowest BCUT2D eigenvalue weighted by molar-refractivity contribution is 0.658. The molecule has 18 heavy (non-hydrogen) atoms. The highest BCUT2D eigenvalue weighted by Crippen LogP contribution is 2.20. The fourth-order valence-corrected chi connectivity index (χ4v) is 1.94. The fourth-order valence-electron chi connectivity index (χ4n) is 1.77. The second-order valence-electron chi connectivity index (χ2n) is 3.75. The molecule has 0 spiro atoms. The first-order valence-corrected chi connectivity index (χ1v) is 5.49. The van der Waals surface area contributed by atoms with Crippen LogP contribution >= 0.6 is 11.6 Å². The molecule has 3 aromatic rings. The lowest BCUT2D eigenvalue weighted by Crippen LogP contribution is -2.04. The second-order valence-corrected chi connectivity index (χ2v) is 4.19. The molecule has 2 heterocycles. The Morgan fingerprint density at radius 1 is 1.28 bits per heavy atom. The zero-order valence-corrected chi connectivity index (χ0v) is 9.73. The van der Waals surface area contributed by atoms with Gasteiger partial charge in [0.05, 0.1) is 10.9 Å². The topological polar surface area (TPSA) is 66.9 Å². The number of benzene rings is 1. The van der Waals surface area contributed by atoms with E-state index in [0.29, 0.717) is 27.1 Å². The molecule has 3 rings (SSSR count). The van der Waals surface area contributed by atoms with Gasteiger partial charge in [0.1, 0.15) is 11.7 Å². The third kappa shape index (κ3) is 1.53. The van der Waals surface area contributed by atoms with Crippen molar-refractivity contribution >= 4 is 33.7 Å². The predicted octanol–water partition coefficient (Wildman–Crippen LogP) is 2.87. The number of pyridine rings is 1. The number of fused-ring (bicyclic) bond motifs is 2. The van der Waals surface area contributed by atoms with Crippen LogP contribution in [0.4, 0.5) is 0 Å². The van der Waals surface area contributed by atoms with Crippen molar-refractivity contribution in [3.8, 4) is 6.07 Å². The van der Waals surface area contributed by atoms with Crippen LogP contribution in [-0.2, 0) is 0 Å². The highest BCUT2D eigenvalue weighted by atomic mass is 35.5. The van der Waals surface area contributed by atoms with E-state index in [1.165, 1.54) is 12.3 Å². The van der Waals surface area contributed by atoms with Gasteiger partial charge < -0.3 is 4.42 Å². The van der Waals surface area contributed by atoms with Crippen molar-refractivity contribution in [1.82, 2.24) is 4.98 Å². The summed E-state index contributed by atoms with van der Waals surface area (Å²) in [5.74, 6) is 0. The van der Waals surface area contributed by atoms with E-state index in [1.807, 2.05) is 6.07 Å². The molecule has 0 aliphatic carbocycles. The van der Waals surface area contributed by atoms with E-state index < -0.39 is 0 Å². The molecule has 0 saturated carbocycles. The van der Waals surface area contributed by atoms with E-state index in [0.717, 1.165) is 0 Å². The number of nitrogens with zero attached hydrogens (tertiary/aromatic N) is 2. The number of nitriles is 1. The predicted molar refractivity (Wildman–Crippen MR) is 67.5 cm³/mol. The number of aromatic nitrogens is 1. The van der Waals surface area contributed by atoms with Crippen LogP contribution in [0, 0.1) is 11.3 Å². The monoisotopic (exact) mass is 256 g/mol. The Bertz CT molecular complexity index is 878. The van der Waals surface area contributed by atoms with Crippen molar-refractivity contribution in [1.29, 1.82) is 5.26 Å². The van der Waals surface area contributed by atoms with Crippen molar-refractivity contribution < 1.29 is 4.42 Å². The van der Waals surface area contributed by atoms with E-state index in [1.54, 1.807) is 18.2 Å². The normalized spacial score (nSPS) is 10.7. The molecule has 0 aliphatic heterocycles. The van der Waals surface area contributed by atoms with Gasteiger partial charge in [-0.1, -0.05) is 11.6 Å². The largest absolute Gasteiger partial charge is 0.454 e. The van der Waals surface area contributed by atoms with Crippen LogP contribution in [0.2, 0.25) is 5.02 Å². The van der Waals surface area contributed by atoms with Gasteiger partial charge >= 0.3 is 0 Å². The van der Waals surface area contributed by atoms with Gasteiger partial charge in [0.2, 0.25) is 5.43 Å². The molecule has 0 aliphatic rings. The second kappa shape index (κ2) is 3.83. The van der Waals surface area contributed by atoms with E-state index >= 15 is 0 Å². The number of hydrogen-bond donors (Lipinski definition) is 0. The Labute approximate surface area is 106 Å². The lowest BCUT2D eigenvalue weighted by Gasteiger charge is -2.01. The van der Waals surface area contributed by atoms with Crippen molar-refractivity contribution in [2.45, 2.75) is 0 Å². The first kappa shape index (κ1) is 10.8. The average molecular weight is 257 g/mol. The molecule has 0 bridgehead atoms. The Kier molecular flexibility index (Phi) is 2.29. The maximum Gasteiger partial charge on any atom is 0.218 e. The third-order valence-corrected chi connectivity index (χ3v) is 2.84. The van der Waals surface area contributed by atoms with Gasteiger partial charge in [0, 0.05) is 17.3 Å². The van der Waals surface area contributed by atoms with E-state index in [-0.39, 0.29) is 10.9 Å². The molecule has 86 valence electrons. The number of hydrogen-bond acceptors (Lipinski definition) is 4. The Morgan fingerprint density at radius 2 is 2.11 bits per heavy atom. The van der Waals surface area contributed by atoms with Crippen LogP contribution in [0.15, 0.2) is 39.7 Å². The summed E-state index contributed by atoms with van der Waals surface area (Å²) in [6, 6.07) is 8.25. The van der Waals surface area contributed by atoms with Gasteiger partial charge in [-0.05, 0) is 18.2 Å². The Morgan fingerprint density at radius 3 is 2.89 bits per heavy atom. The standard InChI is InChI=1S/C13H5ClN2O2/c14-8-1-2-10-9(4-8)13(17)12-11(18-10)3-7(5-15)6-16-12/h1-4,6H. The van der Waals surface area contributed by atoms with Crippen LogP contribution in [-0.4, -0.2) is 4.98 Å². The van der Waals surface area contributed by atoms with E-state index in [2.05, 4.69) is 4.98 Å². The molecule has 0 unspecified atom stereocenters. The van der Waals surface area contributed by atoms with Crippen LogP contribution in [0.5, 0.6) is 0 Å². The molecule has 0 amide bonds. The molecule has 1 aromatic carbocycles. The smallest absolute Gasteiger partial charge is 0.218 e. The fraction of sp³-hybridized carbons (Fsp3) is 0. The average Bonchev–Trinajstić information content (AvgIpc) is 2.39. The molecular formula is C13H5ClN2O2. The first-order valence-electron chi connectivity index (χ1n) is 5.11. The van der Waals surface area contributed by atoms with Gasteiger partial charge in [-0.15, -0.1) is 0 Å². The number of rotatable bonds is 0. The van der Waals surface area contributed by atoms with Crippen LogP contribution < -0.4 is 5.43 Å². The van der Waals surface area contributed by atoms with Gasteiger partial charge in [-0.3, -0.25) is 4.79 Å². The van der Waals surface area contributed by atoms with E-state index in [9.17, 15) is 4.79 Å². The Hall–Kier alpha value is -2.38. The zero-order chi connectivity index (χ0) is 12.7. The first-order chi connectivity index (χ1) is 8.69. The number of halogens is 1. The van der Waals surface area contributed by atoms with Gasteiger partial charge in [-0.2, -0.15) is 5.26 Å². The van der Waals surface area contributed by atoms with Crippen LogP contribution in [0.3, 0.4) is 0 Å². The van der Waals surface area contributed by atoms with Crippen molar-refractivity contribution in [2.24, 2.45) is 0 Å². The van der Waals surface area contributed by atoms with Crippen molar-refractivity contribution in [2.75, 3.05) is 0 Å². The zero-order valence-electron chi connectivity index (χ0n) is 8.98. The molecule has 0 saturated heterocycles. The van der Waals surface area contributed by atoms with Crippen molar-refractivity contribution in [3.63, 3.8) is 0 Å². The molecule has 0 N–H and O–H groups in total. The summed E-state index contributed by atoms with van der Waals surface area (Å²) in [7, 11) is 0.